The summed E-state index contributed by atoms with van der Waals surface area (Å²) in [4.78, 5) is 20.2. The van der Waals surface area contributed by atoms with E-state index in [-0.39, 0.29) is 12.0 Å². The number of hydrogen-bond acceptors (Lipinski definition) is 5. The van der Waals surface area contributed by atoms with Crippen molar-refractivity contribution in [2.75, 3.05) is 25.2 Å². The number of rotatable bonds is 5. The SMILES string of the molecule is COc1ccc2nc(N(CC3CCCO3)C(=O)c3ccc4c(c3)CCCC4)sc2c1. The van der Waals surface area contributed by atoms with E-state index < -0.39 is 0 Å². The zero-order valence-corrected chi connectivity index (χ0v) is 18.0. The third-order valence-electron chi connectivity index (χ3n) is 6.07. The number of amides is 1. The molecular formula is C24H26N2O3S. The minimum atomic E-state index is 0.00453. The summed E-state index contributed by atoms with van der Waals surface area (Å²) in [6.07, 6.45) is 6.69. The molecule has 156 valence electrons. The molecule has 1 aliphatic carbocycles. The lowest BCUT2D eigenvalue weighted by Crippen LogP contribution is -2.37. The van der Waals surface area contributed by atoms with Crippen LogP contribution in [0.4, 0.5) is 5.13 Å². The van der Waals surface area contributed by atoms with Crippen LogP contribution in [0.1, 0.15) is 47.2 Å². The Labute approximate surface area is 180 Å². The highest BCUT2D eigenvalue weighted by Gasteiger charge is 2.27. The summed E-state index contributed by atoms with van der Waals surface area (Å²) >= 11 is 1.53. The number of aryl methyl sites for hydroxylation is 2. The number of ether oxygens (including phenoxy) is 2. The molecule has 1 unspecified atom stereocenters. The molecule has 1 aromatic heterocycles. The van der Waals surface area contributed by atoms with Crippen LogP contribution >= 0.6 is 11.3 Å². The molecule has 0 saturated carbocycles. The largest absolute Gasteiger partial charge is 0.497 e. The molecule has 5 nitrogen and oxygen atoms in total. The van der Waals surface area contributed by atoms with E-state index in [1.165, 1.54) is 35.3 Å². The molecule has 2 aromatic carbocycles. The van der Waals surface area contributed by atoms with Gasteiger partial charge < -0.3 is 9.47 Å². The van der Waals surface area contributed by atoms with E-state index in [1.807, 2.05) is 29.2 Å². The average molecular weight is 423 g/mol. The molecule has 1 saturated heterocycles. The molecule has 0 bridgehead atoms. The molecule has 1 amide bonds. The number of thiazole rings is 1. The van der Waals surface area contributed by atoms with Crippen molar-refractivity contribution in [1.29, 1.82) is 0 Å². The first-order valence-electron chi connectivity index (χ1n) is 10.7. The predicted molar refractivity (Wildman–Crippen MR) is 120 cm³/mol. The van der Waals surface area contributed by atoms with Gasteiger partial charge in [0.15, 0.2) is 5.13 Å². The first kappa shape index (κ1) is 19.5. The maximum absolute atomic E-state index is 13.6. The predicted octanol–water partition coefficient (Wildman–Crippen LogP) is 5.01. The van der Waals surface area contributed by atoms with Gasteiger partial charge in [-0.1, -0.05) is 17.4 Å². The zero-order valence-electron chi connectivity index (χ0n) is 17.2. The van der Waals surface area contributed by atoms with Crippen molar-refractivity contribution >= 4 is 32.6 Å². The Kier molecular flexibility index (Phi) is 5.44. The normalized spacial score (nSPS) is 18.4. The second-order valence-electron chi connectivity index (χ2n) is 8.07. The Bertz CT molecular complexity index is 1070. The topological polar surface area (TPSA) is 51.7 Å². The van der Waals surface area contributed by atoms with Gasteiger partial charge in [0.25, 0.3) is 5.91 Å². The summed E-state index contributed by atoms with van der Waals surface area (Å²) in [7, 11) is 1.66. The lowest BCUT2D eigenvalue weighted by molar-refractivity contribution is 0.0917. The van der Waals surface area contributed by atoms with Gasteiger partial charge in [0.2, 0.25) is 0 Å². The maximum Gasteiger partial charge on any atom is 0.260 e. The van der Waals surface area contributed by atoms with Crippen LogP contribution in [-0.4, -0.2) is 37.3 Å². The van der Waals surface area contributed by atoms with E-state index in [2.05, 4.69) is 12.1 Å². The van der Waals surface area contributed by atoms with Crippen LogP contribution in [0.25, 0.3) is 10.2 Å². The van der Waals surface area contributed by atoms with E-state index in [0.29, 0.717) is 6.54 Å². The van der Waals surface area contributed by atoms with E-state index in [0.717, 1.165) is 59.0 Å². The van der Waals surface area contributed by atoms with Crippen LogP contribution in [0, 0.1) is 0 Å². The highest BCUT2D eigenvalue weighted by molar-refractivity contribution is 7.22. The van der Waals surface area contributed by atoms with Crippen LogP contribution in [-0.2, 0) is 17.6 Å². The Morgan fingerprint density at radius 1 is 1.17 bits per heavy atom. The molecule has 5 rings (SSSR count). The molecule has 2 aliphatic rings. The molecule has 6 heteroatoms. The second kappa shape index (κ2) is 8.36. The van der Waals surface area contributed by atoms with E-state index in [1.54, 1.807) is 7.11 Å². The van der Waals surface area contributed by atoms with Gasteiger partial charge in [0.05, 0.1) is 30.0 Å². The highest BCUT2D eigenvalue weighted by Crippen LogP contribution is 2.33. The fraction of sp³-hybridized carbons (Fsp3) is 0.417. The Hall–Kier alpha value is -2.44. The van der Waals surface area contributed by atoms with E-state index in [4.69, 9.17) is 14.5 Å². The fourth-order valence-electron chi connectivity index (χ4n) is 4.40. The van der Waals surface area contributed by atoms with Crippen molar-refractivity contribution in [3.8, 4) is 5.75 Å². The van der Waals surface area contributed by atoms with Crippen molar-refractivity contribution in [3.63, 3.8) is 0 Å². The van der Waals surface area contributed by atoms with Gasteiger partial charge in [0, 0.05) is 12.2 Å². The van der Waals surface area contributed by atoms with Crippen LogP contribution in [0.5, 0.6) is 5.75 Å². The summed E-state index contributed by atoms with van der Waals surface area (Å²) in [5.74, 6) is 0.800. The molecule has 0 radical (unpaired) electrons. The van der Waals surface area contributed by atoms with Crippen LogP contribution in [0.2, 0.25) is 0 Å². The molecule has 3 aromatic rings. The van der Waals surface area contributed by atoms with Crippen molar-refractivity contribution < 1.29 is 14.3 Å². The van der Waals surface area contributed by atoms with Crippen molar-refractivity contribution in [1.82, 2.24) is 4.98 Å². The Morgan fingerprint density at radius 2 is 2.03 bits per heavy atom. The molecule has 1 fully saturated rings. The number of carbonyl (C=O) groups is 1. The van der Waals surface area contributed by atoms with Gasteiger partial charge in [-0.25, -0.2) is 4.98 Å². The number of fused-ring (bicyclic) bond motifs is 2. The second-order valence-corrected chi connectivity index (χ2v) is 9.08. The molecule has 30 heavy (non-hydrogen) atoms. The molecule has 2 heterocycles. The average Bonchev–Trinajstić information content (AvgIpc) is 3.45. The van der Waals surface area contributed by atoms with Gasteiger partial charge in [0.1, 0.15) is 5.75 Å². The summed E-state index contributed by atoms with van der Waals surface area (Å²) < 4.78 is 12.2. The summed E-state index contributed by atoms with van der Waals surface area (Å²) in [6.45, 7) is 1.30. The summed E-state index contributed by atoms with van der Waals surface area (Å²) in [5.41, 5.74) is 4.32. The van der Waals surface area contributed by atoms with Crippen molar-refractivity contribution in [3.05, 3.63) is 53.1 Å². The first-order valence-corrected chi connectivity index (χ1v) is 11.5. The highest BCUT2D eigenvalue weighted by atomic mass is 32.1. The number of anilines is 1. The monoisotopic (exact) mass is 422 g/mol. The number of aromatic nitrogens is 1. The molecule has 0 N–H and O–H groups in total. The fourth-order valence-corrected chi connectivity index (χ4v) is 5.40. The number of methoxy groups -OCH3 is 1. The summed E-state index contributed by atoms with van der Waals surface area (Å²) in [6, 6.07) is 12.0. The maximum atomic E-state index is 13.6. The standard InChI is InChI=1S/C24H26N2O3S/c1-28-19-10-11-21-22(14-19)30-24(25-21)26(15-20-7-4-12-29-20)23(27)18-9-8-16-5-2-3-6-17(16)13-18/h8-11,13-14,20H,2-7,12,15H2,1H3. The van der Waals surface area contributed by atoms with E-state index >= 15 is 0 Å². The van der Waals surface area contributed by atoms with Crippen LogP contribution in [0.3, 0.4) is 0 Å². The number of carbonyl (C=O) groups excluding carboxylic acids is 1. The molecule has 1 aliphatic heterocycles. The van der Waals surface area contributed by atoms with Crippen LogP contribution < -0.4 is 9.64 Å². The lowest BCUT2D eigenvalue weighted by Gasteiger charge is -2.24. The molecular weight excluding hydrogens is 396 g/mol. The van der Waals surface area contributed by atoms with Gasteiger partial charge in [-0.3, -0.25) is 9.69 Å². The van der Waals surface area contributed by atoms with Crippen molar-refractivity contribution in [2.24, 2.45) is 0 Å². The minimum absolute atomic E-state index is 0.00453. The minimum Gasteiger partial charge on any atom is -0.497 e. The number of benzene rings is 2. The smallest absolute Gasteiger partial charge is 0.260 e. The van der Waals surface area contributed by atoms with Gasteiger partial charge in [-0.15, -0.1) is 0 Å². The summed E-state index contributed by atoms with van der Waals surface area (Å²) in [5, 5.41) is 0.719. The Balaban J connectivity index is 1.50. The lowest BCUT2D eigenvalue weighted by atomic mass is 9.90. The van der Waals surface area contributed by atoms with Gasteiger partial charge >= 0.3 is 0 Å². The Morgan fingerprint density at radius 3 is 2.83 bits per heavy atom. The van der Waals surface area contributed by atoms with E-state index in [9.17, 15) is 4.79 Å². The van der Waals surface area contributed by atoms with Crippen molar-refractivity contribution in [2.45, 2.75) is 44.6 Å². The molecule has 0 spiro atoms. The third kappa shape index (κ3) is 3.82. The van der Waals surface area contributed by atoms with Crippen LogP contribution in [0.15, 0.2) is 36.4 Å². The quantitative estimate of drug-likeness (QED) is 0.580. The van der Waals surface area contributed by atoms with Gasteiger partial charge in [-0.05, 0) is 80.0 Å². The first-order chi connectivity index (χ1) is 14.7. The third-order valence-corrected chi connectivity index (χ3v) is 7.11. The van der Waals surface area contributed by atoms with Gasteiger partial charge in [-0.2, -0.15) is 0 Å². The number of nitrogens with zero attached hydrogens (tertiary/aromatic N) is 2. The number of hydrogen-bond donors (Lipinski definition) is 0. The zero-order chi connectivity index (χ0) is 20.5. The molecule has 1 atom stereocenters.